The molecule has 4 nitrogen and oxygen atoms in total. The highest BCUT2D eigenvalue weighted by Gasteiger charge is 2.28. The summed E-state index contributed by atoms with van der Waals surface area (Å²) in [5, 5.41) is 3.13. The van der Waals surface area contributed by atoms with Gasteiger partial charge in [-0.05, 0) is 63.2 Å². The molecule has 2 fully saturated rings. The number of rotatable bonds is 4. The maximum atomic E-state index is 12.7. The number of nitrogens with one attached hydrogen (secondary N) is 1. The Hall–Kier alpha value is -1.55. The van der Waals surface area contributed by atoms with Crippen molar-refractivity contribution in [2.75, 3.05) is 26.2 Å². The number of amides is 2. The van der Waals surface area contributed by atoms with Crippen LogP contribution in [0.15, 0.2) is 24.3 Å². The van der Waals surface area contributed by atoms with Crippen LogP contribution in [0.25, 0.3) is 0 Å². The van der Waals surface area contributed by atoms with E-state index in [0.29, 0.717) is 12.6 Å². The Morgan fingerprint density at radius 2 is 1.87 bits per heavy atom. The molecule has 0 bridgehead atoms. The van der Waals surface area contributed by atoms with E-state index in [1.54, 1.807) is 0 Å². The summed E-state index contributed by atoms with van der Waals surface area (Å²) in [5.74, 6) is 0. The molecule has 1 unspecified atom stereocenters. The molecule has 2 saturated heterocycles. The Morgan fingerprint density at radius 3 is 2.65 bits per heavy atom. The first-order valence-corrected chi connectivity index (χ1v) is 9.05. The minimum absolute atomic E-state index is 0.108. The molecule has 1 N–H and O–H groups in total. The highest BCUT2D eigenvalue weighted by atomic mass is 16.2. The highest BCUT2D eigenvalue weighted by Crippen LogP contribution is 2.20. The zero-order valence-electron chi connectivity index (χ0n) is 14.3. The van der Waals surface area contributed by atoms with Gasteiger partial charge in [-0.1, -0.05) is 24.3 Å². The number of carbonyl (C=O) groups is 1. The van der Waals surface area contributed by atoms with Crippen LogP contribution in [0, 0.1) is 6.92 Å². The zero-order chi connectivity index (χ0) is 16.1. The molecular weight excluding hydrogens is 286 g/mol. The summed E-state index contributed by atoms with van der Waals surface area (Å²) in [5.41, 5.74) is 2.44. The maximum Gasteiger partial charge on any atom is 0.317 e. The van der Waals surface area contributed by atoms with Gasteiger partial charge in [0.15, 0.2) is 0 Å². The van der Waals surface area contributed by atoms with E-state index < -0.39 is 0 Å². The van der Waals surface area contributed by atoms with Gasteiger partial charge in [-0.2, -0.15) is 0 Å². The summed E-state index contributed by atoms with van der Waals surface area (Å²) >= 11 is 0. The quantitative estimate of drug-likeness (QED) is 0.926. The highest BCUT2D eigenvalue weighted by molar-refractivity contribution is 5.74. The van der Waals surface area contributed by atoms with Crippen molar-refractivity contribution in [2.45, 2.75) is 51.6 Å². The van der Waals surface area contributed by atoms with Crippen molar-refractivity contribution < 1.29 is 4.79 Å². The predicted molar refractivity (Wildman–Crippen MR) is 93.4 cm³/mol. The molecule has 23 heavy (non-hydrogen) atoms. The van der Waals surface area contributed by atoms with Crippen LogP contribution in [0.5, 0.6) is 0 Å². The van der Waals surface area contributed by atoms with Crippen LogP contribution in [0.2, 0.25) is 0 Å². The number of piperidine rings is 1. The topological polar surface area (TPSA) is 35.6 Å². The van der Waals surface area contributed by atoms with Crippen LogP contribution in [-0.4, -0.2) is 48.1 Å². The third-order valence-electron chi connectivity index (χ3n) is 5.25. The van der Waals surface area contributed by atoms with E-state index in [1.165, 1.54) is 43.5 Å². The molecule has 0 saturated carbocycles. The summed E-state index contributed by atoms with van der Waals surface area (Å²) in [6.45, 7) is 7.08. The molecule has 0 aliphatic carbocycles. The molecule has 126 valence electrons. The monoisotopic (exact) mass is 315 g/mol. The summed E-state index contributed by atoms with van der Waals surface area (Å²) < 4.78 is 0. The molecular formula is C19H29N3O. The van der Waals surface area contributed by atoms with Crippen molar-refractivity contribution in [1.82, 2.24) is 15.1 Å². The average molecular weight is 315 g/mol. The maximum absolute atomic E-state index is 12.7. The van der Waals surface area contributed by atoms with E-state index in [0.717, 1.165) is 25.9 Å². The lowest BCUT2D eigenvalue weighted by molar-refractivity contribution is 0.127. The molecule has 1 aromatic carbocycles. The van der Waals surface area contributed by atoms with E-state index in [-0.39, 0.29) is 6.03 Å². The van der Waals surface area contributed by atoms with Gasteiger partial charge in [-0.25, -0.2) is 4.79 Å². The van der Waals surface area contributed by atoms with Crippen molar-refractivity contribution in [2.24, 2.45) is 0 Å². The third kappa shape index (κ3) is 4.25. The zero-order valence-corrected chi connectivity index (χ0v) is 14.3. The number of urea groups is 1. The Morgan fingerprint density at radius 1 is 1.13 bits per heavy atom. The van der Waals surface area contributed by atoms with Gasteiger partial charge in [0.25, 0.3) is 0 Å². The minimum Gasteiger partial charge on any atom is -0.334 e. The number of nitrogens with zero attached hydrogens (tertiary/aromatic N) is 2. The minimum atomic E-state index is 0.108. The fourth-order valence-electron chi connectivity index (χ4n) is 3.80. The van der Waals surface area contributed by atoms with E-state index in [4.69, 9.17) is 0 Å². The molecule has 1 aromatic rings. The van der Waals surface area contributed by atoms with E-state index in [9.17, 15) is 4.79 Å². The largest absolute Gasteiger partial charge is 0.334 e. The van der Waals surface area contributed by atoms with Gasteiger partial charge in [-0.15, -0.1) is 0 Å². The second kappa shape index (κ2) is 7.82. The number of aryl methyl sites for hydroxylation is 1. The van der Waals surface area contributed by atoms with Crippen LogP contribution in [0.4, 0.5) is 4.79 Å². The molecule has 3 rings (SSSR count). The van der Waals surface area contributed by atoms with Gasteiger partial charge in [0.2, 0.25) is 0 Å². The fourth-order valence-corrected chi connectivity index (χ4v) is 3.80. The van der Waals surface area contributed by atoms with Gasteiger partial charge in [0.1, 0.15) is 0 Å². The summed E-state index contributed by atoms with van der Waals surface area (Å²) in [4.78, 5) is 17.3. The first-order chi connectivity index (χ1) is 11.2. The van der Waals surface area contributed by atoms with Crippen molar-refractivity contribution in [3.63, 3.8) is 0 Å². The molecule has 0 radical (unpaired) electrons. The molecule has 2 heterocycles. The smallest absolute Gasteiger partial charge is 0.317 e. The van der Waals surface area contributed by atoms with E-state index >= 15 is 0 Å². The Bertz CT molecular complexity index is 525. The normalized spacial score (nSPS) is 22.3. The summed E-state index contributed by atoms with van der Waals surface area (Å²) in [6, 6.07) is 8.76. The summed E-state index contributed by atoms with van der Waals surface area (Å²) in [7, 11) is 0. The Labute approximate surface area is 139 Å². The fraction of sp³-hybridized carbons (Fsp3) is 0.632. The molecule has 0 aromatic heterocycles. The van der Waals surface area contributed by atoms with Crippen LogP contribution < -0.4 is 5.32 Å². The molecule has 2 amide bonds. The summed E-state index contributed by atoms with van der Waals surface area (Å²) in [6.07, 6.45) is 6.15. The Balaban J connectivity index is 1.56. The number of hydrogen-bond acceptors (Lipinski definition) is 2. The number of likely N-dealkylation sites (tertiary alicyclic amines) is 2. The van der Waals surface area contributed by atoms with Crippen molar-refractivity contribution in [3.05, 3.63) is 35.4 Å². The van der Waals surface area contributed by atoms with Crippen molar-refractivity contribution >= 4 is 6.03 Å². The van der Waals surface area contributed by atoms with E-state index in [1.807, 2.05) is 12.1 Å². The van der Waals surface area contributed by atoms with Crippen LogP contribution >= 0.6 is 0 Å². The molecule has 2 aliphatic heterocycles. The molecule has 0 spiro atoms. The molecule has 1 atom stereocenters. The second-order valence-corrected chi connectivity index (χ2v) is 6.94. The number of hydrogen-bond donors (Lipinski definition) is 1. The second-order valence-electron chi connectivity index (χ2n) is 6.94. The standard InChI is InChI=1S/C19H29N3O/c1-16-8-2-3-9-17(16)14-20-19(23)22-13-5-4-10-18(22)15-21-11-6-7-12-21/h2-3,8-9,18H,4-7,10-15H2,1H3,(H,20,23). The molecule has 2 aliphatic rings. The van der Waals surface area contributed by atoms with Gasteiger partial charge in [0.05, 0.1) is 0 Å². The van der Waals surface area contributed by atoms with Gasteiger partial charge < -0.3 is 15.1 Å². The lowest BCUT2D eigenvalue weighted by Gasteiger charge is -2.37. The Kier molecular flexibility index (Phi) is 5.55. The lowest BCUT2D eigenvalue weighted by Crippen LogP contribution is -2.52. The van der Waals surface area contributed by atoms with Crippen LogP contribution in [0.3, 0.4) is 0 Å². The average Bonchev–Trinajstić information content (AvgIpc) is 3.07. The third-order valence-corrected chi connectivity index (χ3v) is 5.25. The first kappa shape index (κ1) is 16.3. The predicted octanol–water partition coefficient (Wildman–Crippen LogP) is 3.15. The first-order valence-electron chi connectivity index (χ1n) is 9.05. The van der Waals surface area contributed by atoms with Gasteiger partial charge in [-0.3, -0.25) is 0 Å². The van der Waals surface area contributed by atoms with Gasteiger partial charge in [0, 0.05) is 25.7 Å². The number of carbonyl (C=O) groups excluding carboxylic acids is 1. The molecule has 4 heteroatoms. The van der Waals surface area contributed by atoms with Crippen LogP contribution in [-0.2, 0) is 6.54 Å². The number of benzene rings is 1. The van der Waals surface area contributed by atoms with Crippen molar-refractivity contribution in [3.8, 4) is 0 Å². The SMILES string of the molecule is Cc1ccccc1CNC(=O)N1CCCCC1CN1CCCC1. The van der Waals surface area contributed by atoms with Crippen molar-refractivity contribution in [1.29, 1.82) is 0 Å². The van der Waals surface area contributed by atoms with E-state index in [2.05, 4.69) is 34.2 Å². The van der Waals surface area contributed by atoms with Gasteiger partial charge >= 0.3 is 6.03 Å². The van der Waals surface area contributed by atoms with Crippen LogP contribution in [0.1, 0.15) is 43.2 Å². The lowest BCUT2D eigenvalue weighted by atomic mass is 10.0.